The molecule has 308 valence electrons. The minimum Gasteiger partial charge on any atom is -0.506 e. The highest BCUT2D eigenvalue weighted by molar-refractivity contribution is 7.99. The van der Waals surface area contributed by atoms with Crippen molar-refractivity contribution >= 4 is 39.8 Å². The Kier molecular flexibility index (Phi) is 16.2. The maximum atomic E-state index is 13.9. The molecule has 58 heavy (non-hydrogen) atoms. The largest absolute Gasteiger partial charge is 0.506 e. The number of nitro groups is 1. The number of aromatic hydroxyl groups is 1. The van der Waals surface area contributed by atoms with Crippen molar-refractivity contribution in [2.75, 3.05) is 11.9 Å². The number of nitrogens with one attached hydrogen (secondary N) is 2. The zero-order chi connectivity index (χ0) is 40.5. The van der Waals surface area contributed by atoms with Crippen LogP contribution in [0.15, 0.2) is 78.0 Å². The molecule has 1 unspecified atom stereocenters. The van der Waals surface area contributed by atoms with Crippen molar-refractivity contribution < 1.29 is 24.3 Å². The number of nitro benzene ring substituents is 1. The molecule has 4 aromatic carbocycles. The Hall–Kier alpha value is -5.17. The number of phenols is 1. The average Bonchev–Trinajstić information content (AvgIpc) is 3.77. The van der Waals surface area contributed by atoms with Crippen LogP contribution in [0.2, 0.25) is 0 Å². The fourth-order valence-electron chi connectivity index (χ4n) is 7.84. The number of hydrogen-bond acceptors (Lipinski definition) is 10. The summed E-state index contributed by atoms with van der Waals surface area (Å²) in [6.07, 6.45) is 20.4. The van der Waals surface area contributed by atoms with Gasteiger partial charge in [0, 0.05) is 22.1 Å². The van der Waals surface area contributed by atoms with Crippen molar-refractivity contribution in [3.8, 4) is 23.0 Å². The number of nitrogens with zero attached hydrogens (tertiary/aromatic N) is 4. The fraction of sp³-hybridized carbons (Fsp3) is 0.467. The zero-order valence-corrected chi connectivity index (χ0v) is 34.3. The average molecular weight is 809 g/mol. The third kappa shape index (κ3) is 11.7. The van der Waals surface area contributed by atoms with Gasteiger partial charge in [0.2, 0.25) is 10.9 Å². The van der Waals surface area contributed by atoms with Crippen LogP contribution in [0.3, 0.4) is 0 Å². The van der Waals surface area contributed by atoms with Gasteiger partial charge in [-0.15, -0.1) is 10.2 Å². The molecule has 0 bridgehead atoms. The molecule has 1 saturated carbocycles. The minimum atomic E-state index is -0.576. The van der Waals surface area contributed by atoms with Gasteiger partial charge in [-0.25, -0.2) is 0 Å². The number of tetrazole rings is 1. The molecule has 1 amide bonds. The van der Waals surface area contributed by atoms with Crippen LogP contribution in [0.25, 0.3) is 10.8 Å². The summed E-state index contributed by atoms with van der Waals surface area (Å²) < 4.78 is 12.4. The summed E-state index contributed by atoms with van der Waals surface area (Å²) in [5.74, 6) is 0.226. The molecule has 0 saturated heterocycles. The molecule has 12 nitrogen and oxygen atoms in total. The van der Waals surface area contributed by atoms with Crippen LogP contribution in [-0.4, -0.2) is 43.2 Å². The monoisotopic (exact) mass is 808 g/mol. The van der Waals surface area contributed by atoms with E-state index in [4.69, 9.17) is 9.47 Å². The number of anilines is 1. The van der Waals surface area contributed by atoms with Crippen LogP contribution >= 0.6 is 11.8 Å². The number of ether oxygens (including phenoxy) is 2. The summed E-state index contributed by atoms with van der Waals surface area (Å²) in [7, 11) is 0. The maximum Gasteiger partial charge on any atom is 0.311 e. The number of hydrogen-bond donors (Lipinski definition) is 3. The van der Waals surface area contributed by atoms with Crippen molar-refractivity contribution in [2.45, 2.75) is 126 Å². The van der Waals surface area contributed by atoms with Gasteiger partial charge in [0.05, 0.1) is 22.8 Å². The van der Waals surface area contributed by atoms with E-state index in [2.05, 4.69) is 32.9 Å². The summed E-state index contributed by atoms with van der Waals surface area (Å²) in [6, 6.07) is 20.6. The van der Waals surface area contributed by atoms with E-state index in [0.29, 0.717) is 34.0 Å². The molecule has 1 heterocycles. The van der Waals surface area contributed by atoms with E-state index in [-0.39, 0.29) is 39.7 Å². The number of carbonyl (C=O) groups is 1. The van der Waals surface area contributed by atoms with Crippen LogP contribution in [0.1, 0.15) is 137 Å². The molecular weight excluding hydrogens is 753 g/mol. The molecule has 0 spiro atoms. The smallest absolute Gasteiger partial charge is 0.311 e. The van der Waals surface area contributed by atoms with Gasteiger partial charge < -0.3 is 19.9 Å². The second-order valence-electron chi connectivity index (χ2n) is 15.2. The van der Waals surface area contributed by atoms with Gasteiger partial charge in [-0.1, -0.05) is 151 Å². The van der Waals surface area contributed by atoms with Gasteiger partial charge in [0.1, 0.15) is 17.2 Å². The number of carbonyl (C=O) groups excluding carboxylic acids is 1. The first-order valence-corrected chi connectivity index (χ1v) is 21.9. The topological polar surface area (TPSA) is 165 Å². The van der Waals surface area contributed by atoms with E-state index in [1.54, 1.807) is 42.5 Å². The number of phenolic OH excluding ortho intramolecular Hbond substituents is 1. The molecule has 6 rings (SSSR count). The standard InChI is InChI=1S/C45H56N6O6S/c1-2-3-4-5-6-7-8-9-10-11-12-20-29-56-39-26-19-18-25-37(39)46-44(53)36-31-41(34-23-16-17-24-35(34)42(36)52)57-40-28-27-33(30-38(40)51(54)55)43(32-21-14-13-15-22-32)58-45-47-49-50-48-45/h16-19,23-28,30-32,43,52H,2-15,20-22,29H2,1H3,(H,46,53)(H,47,48,49,50). The van der Waals surface area contributed by atoms with E-state index in [1.165, 1.54) is 88.5 Å². The number of rotatable bonds is 23. The van der Waals surface area contributed by atoms with Gasteiger partial charge in [-0.05, 0) is 60.2 Å². The Labute approximate surface area is 345 Å². The Bertz CT molecular complexity index is 2070. The normalized spacial score (nSPS) is 13.7. The predicted molar refractivity (Wildman–Crippen MR) is 229 cm³/mol. The number of para-hydroxylation sites is 2. The number of aromatic amines is 1. The SMILES string of the molecule is CCCCCCCCCCCCCCOc1ccccc1NC(=O)c1cc(Oc2ccc(C(Sc3nn[nH]n3)C3CCCCC3)cc2[N+](=O)[O-])c2ccccc2c1O. The molecule has 0 aliphatic heterocycles. The molecule has 1 aliphatic rings. The van der Waals surface area contributed by atoms with Crippen molar-refractivity contribution in [1.29, 1.82) is 0 Å². The summed E-state index contributed by atoms with van der Waals surface area (Å²) in [5.41, 5.74) is 0.988. The molecule has 3 N–H and O–H groups in total. The second-order valence-corrected chi connectivity index (χ2v) is 16.3. The summed E-state index contributed by atoms with van der Waals surface area (Å²) in [4.78, 5) is 26.0. The van der Waals surface area contributed by atoms with Gasteiger partial charge in [0.15, 0.2) is 0 Å². The van der Waals surface area contributed by atoms with E-state index >= 15 is 0 Å². The number of unbranched alkanes of at least 4 members (excludes halogenated alkanes) is 11. The molecule has 0 radical (unpaired) electrons. The number of benzene rings is 4. The van der Waals surface area contributed by atoms with E-state index < -0.39 is 10.8 Å². The Morgan fingerprint density at radius 3 is 2.22 bits per heavy atom. The van der Waals surface area contributed by atoms with Crippen LogP contribution < -0.4 is 14.8 Å². The van der Waals surface area contributed by atoms with E-state index in [1.807, 2.05) is 24.3 Å². The van der Waals surface area contributed by atoms with Crippen molar-refractivity contribution in [2.24, 2.45) is 5.92 Å². The van der Waals surface area contributed by atoms with Crippen molar-refractivity contribution in [3.63, 3.8) is 0 Å². The van der Waals surface area contributed by atoms with E-state index in [9.17, 15) is 20.0 Å². The summed E-state index contributed by atoms with van der Waals surface area (Å²) >= 11 is 1.45. The lowest BCUT2D eigenvalue weighted by molar-refractivity contribution is -0.385. The Balaban J connectivity index is 1.13. The maximum absolute atomic E-state index is 13.9. The number of fused-ring (bicyclic) bond motifs is 1. The zero-order valence-electron chi connectivity index (χ0n) is 33.5. The van der Waals surface area contributed by atoms with Gasteiger partial charge >= 0.3 is 5.69 Å². The van der Waals surface area contributed by atoms with Crippen LogP contribution in [-0.2, 0) is 0 Å². The number of thioether (sulfide) groups is 1. The van der Waals surface area contributed by atoms with Crippen molar-refractivity contribution in [3.05, 3.63) is 94.0 Å². The highest BCUT2D eigenvalue weighted by Crippen LogP contribution is 2.48. The second kappa shape index (κ2) is 22.1. The molecular formula is C45H56N6O6S. The first-order valence-electron chi connectivity index (χ1n) is 21.1. The van der Waals surface area contributed by atoms with E-state index in [0.717, 1.165) is 44.1 Å². The molecule has 5 aromatic rings. The number of amides is 1. The molecule has 13 heteroatoms. The fourth-order valence-corrected chi connectivity index (χ4v) is 9.00. The number of H-pyrrole nitrogens is 1. The lowest BCUT2D eigenvalue weighted by Crippen LogP contribution is -2.14. The van der Waals surface area contributed by atoms with Crippen molar-refractivity contribution in [1.82, 2.24) is 20.6 Å². The lowest BCUT2D eigenvalue weighted by Gasteiger charge is -2.29. The Morgan fingerprint density at radius 2 is 1.53 bits per heavy atom. The van der Waals surface area contributed by atoms with Gasteiger partial charge in [0.25, 0.3) is 5.91 Å². The molecule has 1 aromatic heterocycles. The van der Waals surface area contributed by atoms with Gasteiger partial charge in [-0.3, -0.25) is 14.9 Å². The molecule has 1 fully saturated rings. The first-order chi connectivity index (χ1) is 28.4. The predicted octanol–water partition coefficient (Wildman–Crippen LogP) is 12.5. The summed E-state index contributed by atoms with van der Waals surface area (Å²) in [5, 5.41) is 42.6. The van der Waals surface area contributed by atoms with Gasteiger partial charge in [-0.2, -0.15) is 5.21 Å². The quantitative estimate of drug-likeness (QED) is 0.0250. The Morgan fingerprint density at radius 1 is 0.862 bits per heavy atom. The third-order valence-electron chi connectivity index (χ3n) is 11.0. The summed E-state index contributed by atoms with van der Waals surface area (Å²) in [6.45, 7) is 2.78. The molecule has 1 atom stereocenters. The first kappa shape index (κ1) is 42.4. The van der Waals surface area contributed by atoms with Crippen LogP contribution in [0, 0.1) is 16.0 Å². The van der Waals surface area contributed by atoms with Crippen LogP contribution in [0.4, 0.5) is 11.4 Å². The van der Waals surface area contributed by atoms with Crippen LogP contribution in [0.5, 0.6) is 23.0 Å². The number of aromatic nitrogens is 4. The third-order valence-corrected chi connectivity index (χ3v) is 12.3. The highest BCUT2D eigenvalue weighted by Gasteiger charge is 2.30. The molecule has 1 aliphatic carbocycles. The lowest BCUT2D eigenvalue weighted by atomic mass is 9.84. The highest BCUT2D eigenvalue weighted by atomic mass is 32.2. The minimum absolute atomic E-state index is 0.0134.